The Morgan fingerprint density at radius 3 is 2.14 bits per heavy atom. The molecule has 0 fully saturated rings. The van der Waals surface area contributed by atoms with Crippen molar-refractivity contribution in [3.05, 3.63) is 109 Å². The van der Waals surface area contributed by atoms with Crippen molar-refractivity contribution in [1.29, 1.82) is 0 Å². The van der Waals surface area contributed by atoms with E-state index in [0.717, 1.165) is 40.2 Å². The van der Waals surface area contributed by atoms with Gasteiger partial charge in [-0.25, -0.2) is 27.2 Å². The third kappa shape index (κ3) is 4.67. The first-order valence-corrected chi connectivity index (χ1v) is 12.0. The van der Waals surface area contributed by atoms with E-state index in [2.05, 4.69) is 20.0 Å². The van der Waals surface area contributed by atoms with Crippen LogP contribution in [-0.2, 0) is 10.0 Å². The fourth-order valence-electron chi connectivity index (χ4n) is 3.74. The minimum absolute atomic E-state index is 0.150. The Bertz CT molecular complexity index is 1620. The van der Waals surface area contributed by atoms with Crippen LogP contribution in [-0.4, -0.2) is 18.4 Å². The number of benzene rings is 4. The van der Waals surface area contributed by atoms with Gasteiger partial charge in [0.05, 0.1) is 5.69 Å². The first-order valence-electron chi connectivity index (χ1n) is 10.5. The van der Waals surface area contributed by atoms with E-state index in [-0.39, 0.29) is 5.69 Å². The average Bonchev–Trinajstić information content (AvgIpc) is 2.85. The Balaban J connectivity index is 1.36. The van der Waals surface area contributed by atoms with Crippen LogP contribution in [0.25, 0.3) is 22.0 Å². The highest BCUT2D eigenvalue weighted by molar-refractivity contribution is 7.92. The summed E-state index contributed by atoms with van der Waals surface area (Å²) in [7, 11) is -4.44. The number of sulfonamides is 1. The molecule has 9 heteroatoms. The molecule has 0 aliphatic carbocycles. The second-order valence-electron chi connectivity index (χ2n) is 7.67. The second-order valence-corrected chi connectivity index (χ2v) is 9.29. The fourth-order valence-corrected chi connectivity index (χ4v) is 4.93. The Labute approximate surface area is 200 Å². The predicted molar refractivity (Wildman–Crippen MR) is 132 cm³/mol. The Morgan fingerprint density at radius 2 is 1.37 bits per heavy atom. The summed E-state index contributed by atoms with van der Waals surface area (Å²) in [5, 5.41) is 5.33. The van der Waals surface area contributed by atoms with E-state index >= 15 is 0 Å². The van der Waals surface area contributed by atoms with Crippen molar-refractivity contribution in [2.45, 2.75) is 4.90 Å². The molecule has 6 nitrogen and oxygen atoms in total. The molecule has 0 atom stereocenters. The van der Waals surface area contributed by atoms with Crippen molar-refractivity contribution in [2.75, 3.05) is 10.0 Å². The Morgan fingerprint density at radius 1 is 0.714 bits per heavy atom. The third-order valence-electron chi connectivity index (χ3n) is 5.33. The van der Waals surface area contributed by atoms with Gasteiger partial charge in [0.2, 0.25) is 0 Å². The highest BCUT2D eigenvalue weighted by atomic mass is 32.2. The van der Waals surface area contributed by atoms with Crippen molar-refractivity contribution < 1.29 is 17.2 Å². The molecule has 0 saturated heterocycles. The van der Waals surface area contributed by atoms with Crippen molar-refractivity contribution in [2.24, 2.45) is 0 Å². The molecular formula is C26H18F2N4O2S. The molecule has 1 heterocycles. The zero-order valence-electron chi connectivity index (χ0n) is 18.1. The van der Waals surface area contributed by atoms with Gasteiger partial charge in [0.15, 0.2) is 4.90 Å². The quantitative estimate of drug-likeness (QED) is 0.301. The fraction of sp³-hybridized carbons (Fsp3) is 0. The molecule has 174 valence electrons. The molecule has 35 heavy (non-hydrogen) atoms. The maximum Gasteiger partial charge on any atom is 0.267 e. The Hall–Kier alpha value is -4.37. The molecule has 0 radical (unpaired) electrons. The second kappa shape index (κ2) is 9.11. The SMILES string of the molecule is O=S(=O)(Nc1ccc(Nc2cc(-c3cccc4ccccc34)ncn2)cc1)c1c(F)cccc1F. The molecule has 0 bridgehead atoms. The van der Waals surface area contributed by atoms with Gasteiger partial charge in [0.25, 0.3) is 10.0 Å². The van der Waals surface area contributed by atoms with Gasteiger partial charge in [-0.1, -0.05) is 48.5 Å². The maximum absolute atomic E-state index is 13.9. The summed E-state index contributed by atoms with van der Waals surface area (Å²) in [6, 6.07) is 24.9. The predicted octanol–water partition coefficient (Wildman–Crippen LogP) is 6.12. The molecule has 0 aliphatic rings. The number of anilines is 3. The van der Waals surface area contributed by atoms with Gasteiger partial charge >= 0.3 is 0 Å². The van der Waals surface area contributed by atoms with E-state index < -0.39 is 26.6 Å². The third-order valence-corrected chi connectivity index (χ3v) is 6.76. The number of hydrogen-bond donors (Lipinski definition) is 2. The minimum Gasteiger partial charge on any atom is -0.340 e. The summed E-state index contributed by atoms with van der Waals surface area (Å²) in [5.41, 5.74) is 2.50. The average molecular weight is 489 g/mol. The summed E-state index contributed by atoms with van der Waals surface area (Å²) < 4.78 is 54.9. The maximum atomic E-state index is 13.9. The minimum atomic E-state index is -4.44. The van der Waals surface area contributed by atoms with Crippen LogP contribution in [0.5, 0.6) is 0 Å². The van der Waals surface area contributed by atoms with Crippen LogP contribution in [0.1, 0.15) is 0 Å². The van der Waals surface area contributed by atoms with Crippen molar-refractivity contribution >= 4 is 38.0 Å². The molecule has 5 rings (SSSR count). The molecule has 5 aromatic rings. The lowest BCUT2D eigenvalue weighted by molar-refractivity contribution is 0.521. The molecular weight excluding hydrogens is 470 g/mol. The van der Waals surface area contributed by atoms with Gasteiger partial charge in [-0.3, -0.25) is 4.72 Å². The number of nitrogens with zero attached hydrogens (tertiary/aromatic N) is 2. The van der Waals surface area contributed by atoms with E-state index in [9.17, 15) is 17.2 Å². The summed E-state index contributed by atoms with van der Waals surface area (Å²) in [6.07, 6.45) is 1.46. The zero-order chi connectivity index (χ0) is 24.4. The van der Waals surface area contributed by atoms with E-state index in [1.807, 2.05) is 48.5 Å². The number of rotatable bonds is 6. The van der Waals surface area contributed by atoms with Crippen molar-refractivity contribution in [3.8, 4) is 11.3 Å². The van der Waals surface area contributed by atoms with Gasteiger partial charge in [-0.2, -0.15) is 0 Å². The number of aromatic nitrogens is 2. The summed E-state index contributed by atoms with van der Waals surface area (Å²) in [5.74, 6) is -1.78. The highest BCUT2D eigenvalue weighted by Crippen LogP contribution is 2.29. The lowest BCUT2D eigenvalue weighted by Gasteiger charge is -2.11. The smallest absolute Gasteiger partial charge is 0.267 e. The van der Waals surface area contributed by atoms with Gasteiger partial charge in [0, 0.05) is 23.0 Å². The van der Waals surface area contributed by atoms with Gasteiger partial charge < -0.3 is 5.32 Å². The molecule has 0 saturated carbocycles. The van der Waals surface area contributed by atoms with Crippen LogP contribution in [0.15, 0.2) is 102 Å². The number of hydrogen-bond acceptors (Lipinski definition) is 5. The van der Waals surface area contributed by atoms with E-state index in [1.165, 1.54) is 18.5 Å². The van der Waals surface area contributed by atoms with Gasteiger partial charge in [-0.05, 0) is 47.2 Å². The molecule has 0 amide bonds. The molecule has 1 aromatic heterocycles. The molecule has 4 aromatic carbocycles. The molecule has 0 unspecified atom stereocenters. The summed E-state index contributed by atoms with van der Waals surface area (Å²) in [6.45, 7) is 0. The highest BCUT2D eigenvalue weighted by Gasteiger charge is 2.23. The van der Waals surface area contributed by atoms with E-state index in [0.29, 0.717) is 11.5 Å². The summed E-state index contributed by atoms with van der Waals surface area (Å²) in [4.78, 5) is 7.65. The van der Waals surface area contributed by atoms with E-state index in [4.69, 9.17) is 0 Å². The van der Waals surface area contributed by atoms with Gasteiger partial charge in [0.1, 0.15) is 23.8 Å². The van der Waals surface area contributed by atoms with Crippen LogP contribution in [0.3, 0.4) is 0 Å². The Kier molecular flexibility index (Phi) is 5.84. The van der Waals surface area contributed by atoms with E-state index in [1.54, 1.807) is 12.1 Å². The van der Waals surface area contributed by atoms with Gasteiger partial charge in [-0.15, -0.1) is 0 Å². The molecule has 2 N–H and O–H groups in total. The normalized spacial score (nSPS) is 11.4. The van der Waals surface area contributed by atoms with Crippen LogP contribution in [0.4, 0.5) is 26.0 Å². The number of nitrogens with one attached hydrogen (secondary N) is 2. The first-order chi connectivity index (χ1) is 16.9. The topological polar surface area (TPSA) is 84.0 Å². The molecule has 0 spiro atoms. The lowest BCUT2D eigenvalue weighted by atomic mass is 10.0. The monoisotopic (exact) mass is 488 g/mol. The standard InChI is InChI=1S/C26H18F2N4O2S/c27-22-9-4-10-23(28)26(22)35(33,34)32-19-13-11-18(12-14-19)31-25-15-24(29-16-30-25)21-8-3-6-17-5-1-2-7-20(17)21/h1-16,32H,(H,29,30,31). The summed E-state index contributed by atoms with van der Waals surface area (Å²) >= 11 is 0. The van der Waals surface area contributed by atoms with Crippen molar-refractivity contribution in [1.82, 2.24) is 9.97 Å². The van der Waals surface area contributed by atoms with Crippen molar-refractivity contribution in [3.63, 3.8) is 0 Å². The van der Waals surface area contributed by atoms with Crippen LogP contribution >= 0.6 is 0 Å². The van der Waals surface area contributed by atoms with Crippen LogP contribution in [0, 0.1) is 11.6 Å². The number of fused-ring (bicyclic) bond motifs is 1. The number of halogens is 2. The first kappa shape index (κ1) is 22.4. The van der Waals surface area contributed by atoms with Crippen LogP contribution < -0.4 is 10.0 Å². The molecule has 0 aliphatic heterocycles. The van der Waals surface area contributed by atoms with Crippen LogP contribution in [0.2, 0.25) is 0 Å². The largest absolute Gasteiger partial charge is 0.340 e. The lowest BCUT2D eigenvalue weighted by Crippen LogP contribution is -2.16. The zero-order valence-corrected chi connectivity index (χ0v) is 18.9.